The summed E-state index contributed by atoms with van der Waals surface area (Å²) in [5.74, 6) is 1.14. The monoisotopic (exact) mass is 390 g/mol. The molecule has 0 bridgehead atoms. The number of rotatable bonds is 6. The van der Waals surface area contributed by atoms with E-state index in [1.165, 1.54) is 11.1 Å². The summed E-state index contributed by atoms with van der Waals surface area (Å²) >= 11 is 0. The van der Waals surface area contributed by atoms with Crippen molar-refractivity contribution in [3.63, 3.8) is 0 Å². The molecule has 2 aliphatic rings. The Hall–Kier alpha value is -2.86. The molecule has 5 rings (SSSR count). The molecule has 2 fully saturated rings. The molecule has 1 aliphatic carbocycles. The van der Waals surface area contributed by atoms with Crippen molar-refractivity contribution in [3.05, 3.63) is 66.2 Å². The van der Waals surface area contributed by atoms with Gasteiger partial charge in [-0.2, -0.15) is 5.10 Å². The lowest BCUT2D eigenvalue weighted by Gasteiger charge is -2.32. The van der Waals surface area contributed by atoms with Crippen LogP contribution < -0.4 is 5.32 Å². The summed E-state index contributed by atoms with van der Waals surface area (Å²) in [5, 5.41) is 10.5. The average molecular weight is 390 g/mol. The molecule has 1 atom stereocenters. The van der Waals surface area contributed by atoms with Gasteiger partial charge in [-0.3, -0.25) is 14.8 Å². The van der Waals surface area contributed by atoms with Crippen LogP contribution in [0.3, 0.4) is 0 Å². The number of benzene rings is 1. The van der Waals surface area contributed by atoms with Gasteiger partial charge in [0.2, 0.25) is 5.91 Å². The Bertz CT molecular complexity index is 956. The Balaban J connectivity index is 1.14. The Morgan fingerprint density at radius 2 is 2.03 bits per heavy atom. The van der Waals surface area contributed by atoms with Crippen molar-refractivity contribution in [3.8, 4) is 11.3 Å². The van der Waals surface area contributed by atoms with Gasteiger partial charge in [0.15, 0.2) is 0 Å². The number of aromatic amines is 1. The Morgan fingerprint density at radius 3 is 2.79 bits per heavy atom. The molecule has 1 aromatic carbocycles. The summed E-state index contributed by atoms with van der Waals surface area (Å²) in [5.41, 5.74) is 3.72. The zero-order chi connectivity index (χ0) is 19.7. The number of carbonyl (C=O) groups is 1. The minimum absolute atomic E-state index is 0.161. The van der Waals surface area contributed by atoms with Gasteiger partial charge in [0.1, 0.15) is 5.76 Å². The molecular formula is C23H26N4O2. The van der Waals surface area contributed by atoms with Gasteiger partial charge in [0.25, 0.3) is 0 Å². The van der Waals surface area contributed by atoms with E-state index >= 15 is 0 Å². The molecule has 2 aromatic heterocycles. The zero-order valence-electron chi connectivity index (χ0n) is 16.4. The van der Waals surface area contributed by atoms with Gasteiger partial charge in [-0.1, -0.05) is 30.3 Å². The number of piperidine rings is 1. The summed E-state index contributed by atoms with van der Waals surface area (Å²) in [7, 11) is 0. The standard InChI is InChI=1S/C23H26N4O2/c28-22(24-15-19-7-4-12-29-19)20-13-23(20)8-10-27(11-9-23)16-18-14-25-26-21(18)17-5-2-1-3-6-17/h1-7,12,14,20H,8-11,13,15-16H2,(H,24,28)(H,25,26). The first kappa shape index (κ1) is 18.2. The summed E-state index contributed by atoms with van der Waals surface area (Å²) < 4.78 is 5.30. The van der Waals surface area contributed by atoms with Gasteiger partial charge in [-0.15, -0.1) is 0 Å². The van der Waals surface area contributed by atoms with E-state index in [9.17, 15) is 4.79 Å². The van der Waals surface area contributed by atoms with E-state index in [0.717, 1.165) is 50.4 Å². The van der Waals surface area contributed by atoms with Crippen molar-refractivity contribution in [1.82, 2.24) is 20.4 Å². The maximum Gasteiger partial charge on any atom is 0.224 e. The highest BCUT2D eigenvalue weighted by Gasteiger charge is 2.58. The lowest BCUT2D eigenvalue weighted by molar-refractivity contribution is -0.123. The Kier molecular flexibility index (Phi) is 4.72. The van der Waals surface area contributed by atoms with Crippen LogP contribution in [0.2, 0.25) is 0 Å². The molecule has 29 heavy (non-hydrogen) atoms. The largest absolute Gasteiger partial charge is 0.467 e. The lowest BCUT2D eigenvalue weighted by atomic mass is 9.90. The molecule has 6 heteroatoms. The molecule has 1 aliphatic heterocycles. The third kappa shape index (κ3) is 3.72. The third-order valence-electron chi connectivity index (χ3n) is 6.55. The van der Waals surface area contributed by atoms with Crippen LogP contribution in [0.25, 0.3) is 11.3 Å². The topological polar surface area (TPSA) is 74.2 Å². The van der Waals surface area contributed by atoms with E-state index in [1.54, 1.807) is 6.26 Å². The number of carbonyl (C=O) groups excluding carboxylic acids is 1. The van der Waals surface area contributed by atoms with Crippen LogP contribution >= 0.6 is 0 Å². The van der Waals surface area contributed by atoms with Crippen molar-refractivity contribution in [1.29, 1.82) is 0 Å². The van der Waals surface area contributed by atoms with Crippen molar-refractivity contribution < 1.29 is 9.21 Å². The van der Waals surface area contributed by atoms with Gasteiger partial charge in [0, 0.05) is 18.0 Å². The summed E-state index contributed by atoms with van der Waals surface area (Å²) in [6.07, 6.45) is 6.77. The van der Waals surface area contributed by atoms with Gasteiger partial charge < -0.3 is 9.73 Å². The molecular weight excluding hydrogens is 364 g/mol. The zero-order valence-corrected chi connectivity index (χ0v) is 16.4. The first-order chi connectivity index (χ1) is 14.2. The van der Waals surface area contributed by atoms with Crippen LogP contribution in [0.5, 0.6) is 0 Å². The number of nitrogens with one attached hydrogen (secondary N) is 2. The van der Waals surface area contributed by atoms with Crippen LogP contribution in [0, 0.1) is 11.3 Å². The van der Waals surface area contributed by atoms with Crippen LogP contribution in [0.1, 0.15) is 30.6 Å². The normalized spacial score (nSPS) is 20.6. The number of hydrogen-bond acceptors (Lipinski definition) is 4. The smallest absolute Gasteiger partial charge is 0.224 e. The van der Waals surface area contributed by atoms with Crippen molar-refractivity contribution in [2.45, 2.75) is 32.4 Å². The highest BCUT2D eigenvalue weighted by atomic mass is 16.3. The van der Waals surface area contributed by atoms with E-state index in [0.29, 0.717) is 6.54 Å². The molecule has 150 valence electrons. The summed E-state index contributed by atoms with van der Waals surface area (Å²) in [6.45, 7) is 3.43. The molecule has 1 saturated heterocycles. The number of nitrogens with zero attached hydrogens (tertiary/aromatic N) is 2. The van der Waals surface area contributed by atoms with Crippen LogP contribution in [0.15, 0.2) is 59.3 Å². The number of likely N-dealkylation sites (tertiary alicyclic amines) is 1. The fraction of sp³-hybridized carbons (Fsp3) is 0.391. The maximum atomic E-state index is 12.5. The van der Waals surface area contributed by atoms with Crippen LogP contribution in [-0.2, 0) is 17.9 Å². The molecule has 1 unspecified atom stereocenters. The van der Waals surface area contributed by atoms with Crippen molar-refractivity contribution >= 4 is 5.91 Å². The summed E-state index contributed by atoms with van der Waals surface area (Å²) in [6, 6.07) is 14.1. The first-order valence-corrected chi connectivity index (χ1v) is 10.3. The fourth-order valence-electron chi connectivity index (χ4n) is 4.66. The average Bonchev–Trinajstić information content (AvgIpc) is 3.12. The van der Waals surface area contributed by atoms with E-state index in [4.69, 9.17) is 4.42 Å². The SMILES string of the molecule is O=C(NCc1ccco1)C1CC12CCN(Cc1cn[nH]c1-c1ccccc1)CC2. The molecule has 0 radical (unpaired) electrons. The van der Waals surface area contributed by atoms with E-state index in [1.807, 2.05) is 24.4 Å². The third-order valence-corrected chi connectivity index (χ3v) is 6.55. The fourth-order valence-corrected chi connectivity index (χ4v) is 4.66. The minimum atomic E-state index is 0.161. The van der Waals surface area contributed by atoms with Gasteiger partial charge >= 0.3 is 0 Å². The Morgan fingerprint density at radius 1 is 1.21 bits per heavy atom. The second-order valence-corrected chi connectivity index (χ2v) is 8.33. The van der Waals surface area contributed by atoms with Gasteiger partial charge in [-0.25, -0.2) is 0 Å². The number of H-pyrrole nitrogens is 1. The second kappa shape index (κ2) is 7.52. The summed E-state index contributed by atoms with van der Waals surface area (Å²) in [4.78, 5) is 15.0. The predicted octanol–water partition coefficient (Wildman–Crippen LogP) is 3.59. The van der Waals surface area contributed by atoms with E-state index < -0.39 is 0 Å². The number of hydrogen-bond donors (Lipinski definition) is 2. The molecule has 1 amide bonds. The quantitative estimate of drug-likeness (QED) is 0.675. The molecule has 3 heterocycles. The minimum Gasteiger partial charge on any atom is -0.467 e. The number of amides is 1. The van der Waals surface area contributed by atoms with E-state index in [-0.39, 0.29) is 17.2 Å². The van der Waals surface area contributed by atoms with Crippen molar-refractivity contribution in [2.24, 2.45) is 11.3 Å². The first-order valence-electron chi connectivity index (χ1n) is 10.3. The van der Waals surface area contributed by atoms with Crippen LogP contribution in [-0.4, -0.2) is 34.1 Å². The number of aromatic nitrogens is 2. The Labute approximate surface area is 170 Å². The van der Waals surface area contributed by atoms with E-state index in [2.05, 4.69) is 44.7 Å². The lowest BCUT2D eigenvalue weighted by Crippen LogP contribution is -2.36. The second-order valence-electron chi connectivity index (χ2n) is 8.33. The predicted molar refractivity (Wildman–Crippen MR) is 110 cm³/mol. The molecule has 1 saturated carbocycles. The van der Waals surface area contributed by atoms with Gasteiger partial charge in [-0.05, 0) is 55.5 Å². The number of furan rings is 1. The van der Waals surface area contributed by atoms with Crippen LogP contribution in [0.4, 0.5) is 0 Å². The maximum absolute atomic E-state index is 12.5. The molecule has 6 nitrogen and oxygen atoms in total. The molecule has 1 spiro atoms. The molecule has 2 N–H and O–H groups in total. The highest BCUT2D eigenvalue weighted by molar-refractivity contribution is 5.82. The highest BCUT2D eigenvalue weighted by Crippen LogP contribution is 2.59. The van der Waals surface area contributed by atoms with Gasteiger partial charge in [0.05, 0.1) is 24.7 Å². The van der Waals surface area contributed by atoms with Crippen molar-refractivity contribution in [2.75, 3.05) is 13.1 Å². The molecule has 3 aromatic rings.